The summed E-state index contributed by atoms with van der Waals surface area (Å²) in [6.07, 6.45) is 11.1. The van der Waals surface area contributed by atoms with Crippen LogP contribution >= 0.6 is 34.0 Å². The number of esters is 1. The minimum Gasteiger partial charge on any atom is -0.494 e. The predicted octanol–water partition coefficient (Wildman–Crippen LogP) is 15.5. The summed E-state index contributed by atoms with van der Waals surface area (Å²) in [5.74, 6) is 1.17. The molecule has 6 nitrogen and oxygen atoms in total. The van der Waals surface area contributed by atoms with Crippen LogP contribution in [-0.4, -0.2) is 24.8 Å². The number of anilines is 3. The van der Waals surface area contributed by atoms with E-state index in [1.54, 1.807) is 60.9 Å². The van der Waals surface area contributed by atoms with E-state index in [1.165, 1.54) is 53.2 Å². The lowest BCUT2D eigenvalue weighted by Crippen LogP contribution is -2.24. The molecule has 0 spiro atoms. The van der Waals surface area contributed by atoms with Crippen LogP contribution in [0.25, 0.3) is 36.0 Å². The fourth-order valence-electron chi connectivity index (χ4n) is 6.45. The van der Waals surface area contributed by atoms with Gasteiger partial charge in [-0.25, -0.2) is 4.79 Å². The Balaban J connectivity index is 1.17. The maximum absolute atomic E-state index is 12.5. The molecule has 0 radical (unpaired) electrons. The summed E-state index contributed by atoms with van der Waals surface area (Å²) in [4.78, 5) is 21.4. The number of hydrogen-bond donors (Lipinski definition) is 0. The van der Waals surface area contributed by atoms with Crippen molar-refractivity contribution in [1.82, 2.24) is 0 Å². The Morgan fingerprint density at radius 2 is 1.03 bits per heavy atom. The zero-order chi connectivity index (χ0) is 41.6. The number of nitriles is 1. The highest BCUT2D eigenvalue weighted by atomic mass is 32.1. The van der Waals surface area contributed by atoms with E-state index in [0.717, 1.165) is 74.8 Å². The number of hydrogen-bond acceptors (Lipinski definition) is 9. The van der Waals surface area contributed by atoms with Gasteiger partial charge in [-0.1, -0.05) is 64.5 Å². The molecule has 0 atom stereocenters. The summed E-state index contributed by atoms with van der Waals surface area (Å²) >= 11 is 5.06. The van der Waals surface area contributed by atoms with Crippen molar-refractivity contribution >= 4 is 63.1 Å². The Morgan fingerprint density at radius 1 is 0.593 bits per heavy atom. The lowest BCUT2D eigenvalue weighted by Gasteiger charge is -2.26. The molecule has 3 heterocycles. The molecule has 0 aliphatic carbocycles. The zero-order valence-corrected chi connectivity index (χ0v) is 37.2. The molecule has 3 aromatic heterocycles. The van der Waals surface area contributed by atoms with Crippen molar-refractivity contribution in [3.8, 4) is 47.5 Å². The van der Waals surface area contributed by atoms with Gasteiger partial charge in [-0.2, -0.15) is 5.26 Å². The number of carbonyl (C=O) groups is 1. The van der Waals surface area contributed by atoms with Gasteiger partial charge in [0, 0.05) is 46.3 Å². The van der Waals surface area contributed by atoms with Crippen molar-refractivity contribution in [2.45, 2.75) is 91.6 Å². The molecule has 0 amide bonds. The van der Waals surface area contributed by atoms with E-state index in [2.05, 4.69) is 116 Å². The fraction of sp³-hybridized carbons (Fsp3) is 0.320. The molecule has 59 heavy (non-hydrogen) atoms. The Bertz CT molecular complexity index is 2250. The number of unbranched alkanes of at least 4 members (excludes halogenated alkanes) is 6. The first kappa shape index (κ1) is 43.4. The lowest BCUT2D eigenvalue weighted by atomic mass is 10.1. The largest absolute Gasteiger partial charge is 0.494 e. The molecule has 0 saturated heterocycles. The van der Waals surface area contributed by atoms with Crippen LogP contribution in [0.15, 0.2) is 115 Å². The molecule has 0 unspecified atom stereocenters. The van der Waals surface area contributed by atoms with Gasteiger partial charge in [0.2, 0.25) is 0 Å². The highest BCUT2D eigenvalue weighted by molar-refractivity contribution is 7.27. The molecular weight excluding hydrogens is 789 g/mol. The van der Waals surface area contributed by atoms with Crippen LogP contribution in [0.2, 0.25) is 0 Å². The molecule has 3 aromatic carbocycles. The SMILES string of the molecule is CCCCCCOc1ccc(N(c2ccc(OCCCCCC)cc2)c2ccc(-c3ccc(-c4ccc(-c5ccc(/C=C(\C#N)C(=O)OC(C)(C)C)s5)s4)s3)cc2)cc1. The van der Waals surface area contributed by atoms with E-state index in [9.17, 15) is 10.1 Å². The van der Waals surface area contributed by atoms with E-state index in [1.807, 2.05) is 18.2 Å². The van der Waals surface area contributed by atoms with Crippen molar-refractivity contribution in [3.63, 3.8) is 0 Å². The topological polar surface area (TPSA) is 71.8 Å². The molecule has 0 saturated carbocycles. The molecule has 0 bridgehead atoms. The summed E-state index contributed by atoms with van der Waals surface area (Å²) in [5.41, 5.74) is 3.66. The first-order chi connectivity index (χ1) is 28.6. The van der Waals surface area contributed by atoms with Crippen LogP contribution in [0.4, 0.5) is 17.1 Å². The quantitative estimate of drug-likeness (QED) is 0.0330. The van der Waals surface area contributed by atoms with Gasteiger partial charge in [-0.3, -0.25) is 0 Å². The van der Waals surface area contributed by atoms with Gasteiger partial charge in [-0.05, 0) is 142 Å². The molecule has 0 N–H and O–H groups in total. The second-order valence-corrected chi connectivity index (χ2v) is 18.7. The maximum atomic E-state index is 12.5. The Hall–Kier alpha value is -5.14. The van der Waals surface area contributed by atoms with Gasteiger partial charge in [0.05, 0.1) is 13.2 Å². The average Bonchev–Trinajstić information content (AvgIpc) is 4.03. The maximum Gasteiger partial charge on any atom is 0.349 e. The van der Waals surface area contributed by atoms with Crippen molar-refractivity contribution in [1.29, 1.82) is 5.26 Å². The lowest BCUT2D eigenvalue weighted by molar-refractivity contribution is -0.149. The molecule has 0 aliphatic heterocycles. The average molecular weight is 843 g/mol. The third kappa shape index (κ3) is 12.4. The molecule has 6 aromatic rings. The standard InChI is InChI=1S/C50H54N2O4S3/c1-6-8-10-12-32-54-41-22-18-39(19-23-41)52(40-20-24-42(25-21-40)55-33-13-11-9-7-2)38-16-14-36(15-17-38)44-28-29-47(58-44)48-31-30-46(59-48)45-27-26-43(57-45)34-37(35-51)49(53)56-50(3,4)5/h14-31,34H,6-13,32-33H2,1-5H3/b37-34+. The van der Waals surface area contributed by atoms with E-state index in [4.69, 9.17) is 14.2 Å². The highest BCUT2D eigenvalue weighted by Gasteiger charge is 2.20. The summed E-state index contributed by atoms with van der Waals surface area (Å²) < 4.78 is 17.6. The van der Waals surface area contributed by atoms with E-state index >= 15 is 0 Å². The van der Waals surface area contributed by atoms with Crippen LogP contribution in [0.5, 0.6) is 11.5 Å². The summed E-state index contributed by atoms with van der Waals surface area (Å²) in [6.45, 7) is 11.3. The van der Waals surface area contributed by atoms with Crippen molar-refractivity contribution < 1.29 is 19.0 Å². The predicted molar refractivity (Wildman–Crippen MR) is 250 cm³/mol. The smallest absolute Gasteiger partial charge is 0.349 e. The molecule has 9 heteroatoms. The van der Waals surface area contributed by atoms with Crippen LogP contribution in [0.3, 0.4) is 0 Å². The monoisotopic (exact) mass is 842 g/mol. The minimum absolute atomic E-state index is 0.00725. The molecule has 306 valence electrons. The number of rotatable bonds is 20. The summed E-state index contributed by atoms with van der Waals surface area (Å²) in [6, 6.07) is 40.3. The molecular formula is C50H54N2O4S3. The van der Waals surface area contributed by atoms with E-state index in [-0.39, 0.29) is 5.57 Å². The molecule has 0 aliphatic rings. The number of benzene rings is 3. The second-order valence-electron chi connectivity index (χ2n) is 15.4. The Morgan fingerprint density at radius 3 is 1.51 bits per heavy atom. The van der Waals surface area contributed by atoms with Crippen molar-refractivity contribution in [3.05, 3.63) is 120 Å². The summed E-state index contributed by atoms with van der Waals surface area (Å²) in [7, 11) is 0. The van der Waals surface area contributed by atoms with Gasteiger partial charge >= 0.3 is 5.97 Å². The van der Waals surface area contributed by atoms with E-state index in [0.29, 0.717) is 0 Å². The van der Waals surface area contributed by atoms with Gasteiger partial charge in [0.1, 0.15) is 28.7 Å². The van der Waals surface area contributed by atoms with Crippen LogP contribution in [-0.2, 0) is 9.53 Å². The third-order valence-corrected chi connectivity index (χ3v) is 13.1. The van der Waals surface area contributed by atoms with E-state index < -0.39 is 11.6 Å². The third-order valence-electron chi connectivity index (χ3n) is 9.48. The van der Waals surface area contributed by atoms with Gasteiger partial charge in [0.15, 0.2) is 0 Å². The van der Waals surface area contributed by atoms with Gasteiger partial charge in [0.25, 0.3) is 0 Å². The Kier molecular flexibility index (Phi) is 15.6. The summed E-state index contributed by atoms with van der Waals surface area (Å²) in [5, 5.41) is 9.60. The van der Waals surface area contributed by atoms with Crippen molar-refractivity contribution in [2.24, 2.45) is 0 Å². The normalized spacial score (nSPS) is 11.6. The molecule has 0 fully saturated rings. The highest BCUT2D eigenvalue weighted by Crippen LogP contribution is 2.43. The first-order valence-corrected chi connectivity index (χ1v) is 23.1. The van der Waals surface area contributed by atoms with Crippen LogP contribution in [0, 0.1) is 11.3 Å². The fourth-order valence-corrected chi connectivity index (χ4v) is 9.60. The van der Waals surface area contributed by atoms with Crippen LogP contribution in [0.1, 0.15) is 90.9 Å². The first-order valence-electron chi connectivity index (χ1n) is 20.7. The molecule has 6 rings (SSSR count). The van der Waals surface area contributed by atoms with Crippen molar-refractivity contribution in [2.75, 3.05) is 18.1 Å². The second kappa shape index (κ2) is 21.2. The number of nitrogens with zero attached hydrogens (tertiary/aromatic N) is 2. The number of carbonyl (C=O) groups excluding carboxylic acids is 1. The van der Waals surface area contributed by atoms with Gasteiger partial charge in [-0.15, -0.1) is 34.0 Å². The Labute approximate surface area is 362 Å². The van der Waals surface area contributed by atoms with Crippen LogP contribution < -0.4 is 14.4 Å². The number of ether oxygens (including phenoxy) is 3. The van der Waals surface area contributed by atoms with Gasteiger partial charge < -0.3 is 19.1 Å². The minimum atomic E-state index is -0.666. The number of thiophene rings is 3. The zero-order valence-electron chi connectivity index (χ0n) is 34.8.